The molecule has 5 aromatic rings. The summed E-state index contributed by atoms with van der Waals surface area (Å²) in [6, 6.07) is 19.7. The number of pyridine rings is 1. The number of nitrogens with one attached hydrogen (secondary N) is 1. The van der Waals surface area contributed by atoms with Gasteiger partial charge in [0.1, 0.15) is 17.9 Å². The molecule has 33 heavy (non-hydrogen) atoms. The van der Waals surface area contributed by atoms with Crippen LogP contribution in [0.25, 0.3) is 16.6 Å². The van der Waals surface area contributed by atoms with Crippen LogP contribution in [0.2, 0.25) is 0 Å². The van der Waals surface area contributed by atoms with Gasteiger partial charge in [-0.25, -0.2) is 4.79 Å². The first-order chi connectivity index (χ1) is 16.1. The number of amides is 1. The van der Waals surface area contributed by atoms with Gasteiger partial charge in [-0.2, -0.15) is 0 Å². The third-order valence-electron chi connectivity index (χ3n) is 5.34. The normalized spacial score (nSPS) is 11.1. The van der Waals surface area contributed by atoms with Crippen LogP contribution < -0.4 is 15.7 Å². The second-order valence-corrected chi connectivity index (χ2v) is 7.62. The molecule has 0 aliphatic carbocycles. The zero-order valence-electron chi connectivity index (χ0n) is 17.8. The predicted octanol–water partition coefficient (Wildman–Crippen LogP) is 3.65. The Bertz CT molecular complexity index is 1520. The molecule has 1 N–H and O–H groups in total. The average Bonchev–Trinajstić information content (AvgIpc) is 3.24. The molecule has 3 heterocycles. The molecule has 0 atom stereocenters. The topological polar surface area (TPSA) is 98.7 Å². The Morgan fingerprint density at radius 1 is 1.06 bits per heavy atom. The summed E-state index contributed by atoms with van der Waals surface area (Å²) in [5, 5.41) is 11.9. The highest BCUT2D eigenvalue weighted by molar-refractivity contribution is 5.94. The van der Waals surface area contributed by atoms with E-state index in [1.165, 1.54) is 6.07 Å². The van der Waals surface area contributed by atoms with E-state index in [0.29, 0.717) is 29.3 Å². The van der Waals surface area contributed by atoms with Gasteiger partial charge in [0.15, 0.2) is 11.5 Å². The number of rotatable bonds is 6. The summed E-state index contributed by atoms with van der Waals surface area (Å²) < 4.78 is 12.9. The molecule has 1 amide bonds. The van der Waals surface area contributed by atoms with Gasteiger partial charge in [0, 0.05) is 29.3 Å². The van der Waals surface area contributed by atoms with Crippen LogP contribution >= 0.6 is 0 Å². The van der Waals surface area contributed by atoms with Gasteiger partial charge < -0.3 is 14.5 Å². The molecule has 8 nitrogen and oxygen atoms in total. The van der Waals surface area contributed by atoms with Crippen LogP contribution in [-0.2, 0) is 13.2 Å². The Balaban J connectivity index is 1.21. The van der Waals surface area contributed by atoms with Crippen LogP contribution in [0.3, 0.4) is 0 Å². The van der Waals surface area contributed by atoms with Crippen molar-refractivity contribution in [1.82, 2.24) is 19.9 Å². The van der Waals surface area contributed by atoms with Gasteiger partial charge in [0.05, 0.1) is 6.54 Å². The van der Waals surface area contributed by atoms with Gasteiger partial charge in [0.2, 0.25) is 0 Å². The third-order valence-corrected chi connectivity index (χ3v) is 5.34. The molecule has 3 aromatic heterocycles. The van der Waals surface area contributed by atoms with E-state index in [1.807, 2.05) is 60.0 Å². The predicted molar refractivity (Wildman–Crippen MR) is 122 cm³/mol. The van der Waals surface area contributed by atoms with Crippen LogP contribution in [0.1, 0.15) is 27.3 Å². The van der Waals surface area contributed by atoms with E-state index >= 15 is 0 Å². The summed E-state index contributed by atoms with van der Waals surface area (Å²) in [4.78, 5) is 24.1. The summed E-state index contributed by atoms with van der Waals surface area (Å²) >= 11 is 0. The molecule has 0 aliphatic heterocycles. The van der Waals surface area contributed by atoms with Gasteiger partial charge in [-0.3, -0.25) is 9.20 Å². The van der Waals surface area contributed by atoms with Crippen molar-refractivity contribution in [3.8, 4) is 5.75 Å². The second kappa shape index (κ2) is 8.58. The minimum atomic E-state index is -0.386. The molecule has 0 fully saturated rings. The first kappa shape index (κ1) is 20.4. The maximum Gasteiger partial charge on any atom is 0.336 e. The molecular formula is C25H20N4O4. The lowest BCUT2D eigenvalue weighted by molar-refractivity contribution is 0.0949. The highest BCUT2D eigenvalue weighted by Crippen LogP contribution is 2.23. The van der Waals surface area contributed by atoms with Gasteiger partial charge in [-0.1, -0.05) is 18.2 Å². The van der Waals surface area contributed by atoms with Crippen molar-refractivity contribution in [1.29, 1.82) is 0 Å². The minimum absolute atomic E-state index is 0.199. The number of carbonyl (C=O) groups is 1. The fourth-order valence-electron chi connectivity index (χ4n) is 3.59. The number of fused-ring (bicyclic) bond motifs is 2. The van der Waals surface area contributed by atoms with Crippen molar-refractivity contribution in [2.45, 2.75) is 20.1 Å². The van der Waals surface area contributed by atoms with Crippen molar-refractivity contribution in [3.63, 3.8) is 0 Å². The minimum Gasteiger partial charge on any atom is -0.489 e. The first-order valence-corrected chi connectivity index (χ1v) is 10.4. The van der Waals surface area contributed by atoms with Crippen molar-refractivity contribution in [2.75, 3.05) is 0 Å². The van der Waals surface area contributed by atoms with Gasteiger partial charge in [-0.05, 0) is 54.4 Å². The zero-order valence-corrected chi connectivity index (χ0v) is 17.8. The SMILES string of the molecule is Cc1cc(=O)oc2cc(OCc3ccc(C(=O)NCc4nnc5ccccn45)cc3)ccc12. The maximum atomic E-state index is 12.5. The molecule has 0 radical (unpaired) electrons. The van der Waals surface area contributed by atoms with E-state index < -0.39 is 0 Å². The van der Waals surface area contributed by atoms with E-state index in [2.05, 4.69) is 15.5 Å². The van der Waals surface area contributed by atoms with Gasteiger partial charge in [0.25, 0.3) is 5.91 Å². The lowest BCUT2D eigenvalue weighted by atomic mass is 10.1. The fraction of sp³-hybridized carbons (Fsp3) is 0.120. The molecular weight excluding hydrogens is 420 g/mol. The molecule has 5 rings (SSSR count). The van der Waals surface area contributed by atoms with Crippen LogP contribution in [0.5, 0.6) is 5.75 Å². The quantitative estimate of drug-likeness (QED) is 0.405. The molecule has 0 aliphatic rings. The largest absolute Gasteiger partial charge is 0.489 e. The van der Waals surface area contributed by atoms with Crippen molar-refractivity contribution in [3.05, 3.63) is 106 Å². The van der Waals surface area contributed by atoms with E-state index in [-0.39, 0.29) is 18.1 Å². The Labute approximate surface area is 188 Å². The molecule has 164 valence electrons. The lowest BCUT2D eigenvalue weighted by Crippen LogP contribution is -2.24. The fourth-order valence-corrected chi connectivity index (χ4v) is 3.59. The van der Waals surface area contributed by atoms with Crippen molar-refractivity contribution < 1.29 is 13.9 Å². The maximum absolute atomic E-state index is 12.5. The Morgan fingerprint density at radius 2 is 1.91 bits per heavy atom. The molecule has 2 aromatic carbocycles. The highest BCUT2D eigenvalue weighted by Gasteiger charge is 2.09. The van der Waals surface area contributed by atoms with Crippen LogP contribution in [0, 0.1) is 6.92 Å². The summed E-state index contributed by atoms with van der Waals surface area (Å²) in [5.74, 6) is 1.05. The van der Waals surface area contributed by atoms with Crippen LogP contribution in [0.15, 0.2) is 82.1 Å². The lowest BCUT2D eigenvalue weighted by Gasteiger charge is -2.09. The molecule has 0 unspecified atom stereocenters. The first-order valence-electron chi connectivity index (χ1n) is 10.4. The van der Waals surface area contributed by atoms with Gasteiger partial charge in [-0.15, -0.1) is 10.2 Å². The standard InChI is InChI=1S/C25H20N4O4/c1-16-12-24(30)33-21-13-19(9-10-20(16)21)32-15-17-5-7-18(8-6-17)25(31)26-14-23-28-27-22-4-2-3-11-29(22)23/h2-13H,14-15H2,1H3,(H,26,31). The van der Waals surface area contributed by atoms with Crippen LogP contribution in [0.4, 0.5) is 0 Å². The highest BCUT2D eigenvalue weighted by atomic mass is 16.5. The Kier molecular flexibility index (Phi) is 5.32. The zero-order chi connectivity index (χ0) is 22.8. The van der Waals surface area contributed by atoms with Crippen LogP contribution in [-0.4, -0.2) is 20.5 Å². The number of ether oxygens (including phenoxy) is 1. The Morgan fingerprint density at radius 3 is 2.76 bits per heavy atom. The number of carbonyl (C=O) groups excluding carboxylic acids is 1. The average molecular weight is 440 g/mol. The van der Waals surface area contributed by atoms with E-state index in [0.717, 1.165) is 22.2 Å². The summed E-state index contributed by atoms with van der Waals surface area (Å²) in [7, 11) is 0. The van der Waals surface area contributed by atoms with E-state index in [1.54, 1.807) is 18.2 Å². The second-order valence-electron chi connectivity index (χ2n) is 7.62. The summed E-state index contributed by atoms with van der Waals surface area (Å²) in [6.45, 7) is 2.45. The van der Waals surface area contributed by atoms with Gasteiger partial charge >= 0.3 is 5.63 Å². The number of aromatic nitrogens is 3. The summed E-state index contributed by atoms with van der Waals surface area (Å²) in [6.07, 6.45) is 1.86. The molecule has 0 bridgehead atoms. The number of benzene rings is 2. The molecule has 0 saturated carbocycles. The van der Waals surface area contributed by atoms with Crippen molar-refractivity contribution in [2.24, 2.45) is 0 Å². The number of hydrogen-bond donors (Lipinski definition) is 1. The van der Waals surface area contributed by atoms with E-state index in [9.17, 15) is 9.59 Å². The molecule has 8 heteroatoms. The number of nitrogens with zero attached hydrogens (tertiary/aromatic N) is 3. The monoisotopic (exact) mass is 440 g/mol. The number of aryl methyl sites for hydroxylation is 1. The third kappa shape index (κ3) is 4.31. The molecule has 0 spiro atoms. The number of hydrogen-bond acceptors (Lipinski definition) is 6. The summed E-state index contributed by atoms with van der Waals surface area (Å²) in [5.41, 5.74) is 3.14. The smallest absolute Gasteiger partial charge is 0.336 e. The Hall–Kier alpha value is -4.46. The van der Waals surface area contributed by atoms with Crippen molar-refractivity contribution >= 4 is 22.5 Å². The molecule has 0 saturated heterocycles. The van der Waals surface area contributed by atoms with E-state index in [4.69, 9.17) is 9.15 Å².